The molecule has 0 fully saturated rings. The SMILES string of the molecule is CN(Cc1ccc2c(c1)OCCO2)C(=O)c1ccccc1-c1ncc(-c2ccccc2)o1. The van der Waals surface area contributed by atoms with Gasteiger partial charge >= 0.3 is 0 Å². The van der Waals surface area contributed by atoms with E-state index in [1.54, 1.807) is 24.2 Å². The number of ether oxygens (including phenoxy) is 2. The fourth-order valence-corrected chi connectivity index (χ4v) is 3.73. The highest BCUT2D eigenvalue weighted by Crippen LogP contribution is 2.32. The summed E-state index contributed by atoms with van der Waals surface area (Å²) in [6.45, 7) is 1.51. The van der Waals surface area contributed by atoms with Crippen LogP contribution in [0.2, 0.25) is 0 Å². The van der Waals surface area contributed by atoms with Crippen molar-refractivity contribution < 1.29 is 18.7 Å². The molecule has 1 amide bonds. The second-order valence-corrected chi connectivity index (χ2v) is 7.58. The molecule has 0 radical (unpaired) electrons. The first-order valence-electron chi connectivity index (χ1n) is 10.4. The molecular formula is C26H22N2O4. The zero-order chi connectivity index (χ0) is 21.9. The summed E-state index contributed by atoms with van der Waals surface area (Å²) in [5.74, 6) is 2.41. The number of fused-ring (bicyclic) bond motifs is 1. The lowest BCUT2D eigenvalue weighted by molar-refractivity contribution is 0.0785. The largest absolute Gasteiger partial charge is 0.486 e. The normalized spacial score (nSPS) is 12.4. The minimum Gasteiger partial charge on any atom is -0.486 e. The van der Waals surface area contributed by atoms with Crippen molar-refractivity contribution >= 4 is 5.91 Å². The molecule has 0 aliphatic carbocycles. The second-order valence-electron chi connectivity index (χ2n) is 7.58. The van der Waals surface area contributed by atoms with Crippen LogP contribution in [-0.4, -0.2) is 36.1 Å². The third-order valence-corrected chi connectivity index (χ3v) is 5.32. The van der Waals surface area contributed by atoms with Gasteiger partial charge < -0.3 is 18.8 Å². The lowest BCUT2D eigenvalue weighted by Gasteiger charge is -2.21. The summed E-state index contributed by atoms with van der Waals surface area (Å²) in [7, 11) is 1.78. The number of benzene rings is 3. The van der Waals surface area contributed by atoms with Gasteiger partial charge in [-0.05, 0) is 29.8 Å². The minimum absolute atomic E-state index is 0.116. The first kappa shape index (κ1) is 19.9. The summed E-state index contributed by atoms with van der Waals surface area (Å²) in [5.41, 5.74) is 3.10. The molecule has 5 rings (SSSR count). The topological polar surface area (TPSA) is 64.8 Å². The third-order valence-electron chi connectivity index (χ3n) is 5.32. The second kappa shape index (κ2) is 8.59. The van der Waals surface area contributed by atoms with Crippen LogP contribution in [-0.2, 0) is 6.54 Å². The van der Waals surface area contributed by atoms with Gasteiger partial charge in [-0.15, -0.1) is 0 Å². The van der Waals surface area contributed by atoms with E-state index in [0.29, 0.717) is 48.3 Å². The smallest absolute Gasteiger partial charge is 0.254 e. The van der Waals surface area contributed by atoms with Crippen LogP contribution in [0.4, 0.5) is 0 Å². The lowest BCUT2D eigenvalue weighted by atomic mass is 10.1. The Labute approximate surface area is 186 Å². The van der Waals surface area contributed by atoms with Crippen molar-refractivity contribution in [3.63, 3.8) is 0 Å². The summed E-state index contributed by atoms with van der Waals surface area (Å²) in [4.78, 5) is 19.4. The Morgan fingerprint density at radius 1 is 0.938 bits per heavy atom. The van der Waals surface area contributed by atoms with E-state index >= 15 is 0 Å². The van der Waals surface area contributed by atoms with Crippen LogP contribution in [0.15, 0.2) is 83.4 Å². The average molecular weight is 426 g/mol. The average Bonchev–Trinajstić information content (AvgIpc) is 3.34. The molecule has 32 heavy (non-hydrogen) atoms. The summed E-state index contributed by atoms with van der Waals surface area (Å²) in [5, 5.41) is 0. The van der Waals surface area contributed by atoms with Crippen molar-refractivity contribution in [3.05, 3.63) is 90.1 Å². The fourth-order valence-electron chi connectivity index (χ4n) is 3.73. The van der Waals surface area contributed by atoms with E-state index in [1.165, 1.54) is 0 Å². The Kier molecular flexibility index (Phi) is 5.34. The van der Waals surface area contributed by atoms with Gasteiger partial charge in [-0.25, -0.2) is 4.98 Å². The van der Waals surface area contributed by atoms with Crippen LogP contribution < -0.4 is 9.47 Å². The van der Waals surface area contributed by atoms with E-state index in [-0.39, 0.29) is 5.91 Å². The Hall–Kier alpha value is -4.06. The fraction of sp³-hybridized carbons (Fsp3) is 0.154. The zero-order valence-corrected chi connectivity index (χ0v) is 17.7. The van der Waals surface area contributed by atoms with Crippen LogP contribution in [0.1, 0.15) is 15.9 Å². The number of hydrogen-bond donors (Lipinski definition) is 0. The molecule has 6 heteroatoms. The maximum atomic E-state index is 13.3. The predicted molar refractivity (Wildman–Crippen MR) is 121 cm³/mol. The van der Waals surface area contributed by atoms with Gasteiger partial charge in [-0.3, -0.25) is 4.79 Å². The van der Waals surface area contributed by atoms with Crippen molar-refractivity contribution in [1.29, 1.82) is 0 Å². The molecule has 0 unspecified atom stereocenters. The number of hydrogen-bond acceptors (Lipinski definition) is 5. The lowest BCUT2D eigenvalue weighted by Crippen LogP contribution is -2.27. The monoisotopic (exact) mass is 426 g/mol. The number of aromatic nitrogens is 1. The summed E-state index contributed by atoms with van der Waals surface area (Å²) in [6.07, 6.45) is 1.69. The van der Waals surface area contributed by atoms with E-state index < -0.39 is 0 Å². The van der Waals surface area contributed by atoms with Gasteiger partial charge in [0.2, 0.25) is 5.89 Å². The molecule has 4 aromatic rings. The van der Waals surface area contributed by atoms with Crippen LogP contribution in [0.3, 0.4) is 0 Å². The molecule has 0 spiro atoms. The van der Waals surface area contributed by atoms with Gasteiger partial charge in [0, 0.05) is 24.7 Å². The van der Waals surface area contributed by atoms with Gasteiger partial charge in [-0.2, -0.15) is 0 Å². The Morgan fingerprint density at radius 3 is 2.53 bits per heavy atom. The Balaban J connectivity index is 1.39. The number of nitrogens with zero attached hydrogens (tertiary/aromatic N) is 2. The number of carbonyl (C=O) groups is 1. The highest BCUT2D eigenvalue weighted by Gasteiger charge is 2.20. The highest BCUT2D eigenvalue weighted by molar-refractivity contribution is 5.99. The van der Waals surface area contributed by atoms with Gasteiger partial charge in [-0.1, -0.05) is 48.5 Å². The van der Waals surface area contributed by atoms with Gasteiger partial charge in [0.05, 0.1) is 11.8 Å². The Morgan fingerprint density at radius 2 is 1.69 bits per heavy atom. The number of oxazole rings is 1. The number of carbonyl (C=O) groups excluding carboxylic acids is 1. The quantitative estimate of drug-likeness (QED) is 0.447. The van der Waals surface area contributed by atoms with Gasteiger partial charge in [0.15, 0.2) is 17.3 Å². The van der Waals surface area contributed by atoms with Crippen LogP contribution in [0, 0.1) is 0 Å². The highest BCUT2D eigenvalue weighted by atomic mass is 16.6. The summed E-state index contributed by atoms with van der Waals surface area (Å²) >= 11 is 0. The van der Waals surface area contributed by atoms with Crippen LogP contribution >= 0.6 is 0 Å². The standard InChI is InChI=1S/C26H22N2O4/c1-28(17-18-11-12-22-23(15-18)31-14-13-30-22)26(29)21-10-6-5-9-20(21)25-27-16-24(32-25)19-7-3-2-4-8-19/h2-12,15-16H,13-14,17H2,1H3. The first-order chi connectivity index (χ1) is 15.7. The maximum Gasteiger partial charge on any atom is 0.254 e. The molecule has 6 nitrogen and oxygen atoms in total. The summed E-state index contributed by atoms with van der Waals surface area (Å²) < 4.78 is 17.2. The molecule has 0 saturated heterocycles. The predicted octanol–water partition coefficient (Wildman–Crippen LogP) is 5.05. The molecule has 2 heterocycles. The van der Waals surface area contributed by atoms with Crippen molar-refractivity contribution in [2.45, 2.75) is 6.54 Å². The molecule has 0 N–H and O–H groups in total. The van der Waals surface area contributed by atoms with Crippen molar-refractivity contribution in [3.8, 4) is 34.3 Å². The van der Waals surface area contributed by atoms with Crippen molar-refractivity contribution in [2.75, 3.05) is 20.3 Å². The first-order valence-corrected chi connectivity index (χ1v) is 10.4. The number of amides is 1. The van der Waals surface area contributed by atoms with E-state index in [1.807, 2.05) is 66.7 Å². The third kappa shape index (κ3) is 3.95. The van der Waals surface area contributed by atoms with E-state index in [9.17, 15) is 4.79 Å². The van der Waals surface area contributed by atoms with Crippen molar-refractivity contribution in [2.24, 2.45) is 0 Å². The molecule has 1 aliphatic rings. The number of rotatable bonds is 5. The molecule has 3 aromatic carbocycles. The zero-order valence-electron chi connectivity index (χ0n) is 17.7. The molecule has 0 saturated carbocycles. The van der Waals surface area contributed by atoms with Gasteiger partial charge in [0.1, 0.15) is 13.2 Å². The maximum absolute atomic E-state index is 13.3. The minimum atomic E-state index is -0.116. The van der Waals surface area contributed by atoms with E-state index in [0.717, 1.165) is 16.9 Å². The van der Waals surface area contributed by atoms with E-state index in [4.69, 9.17) is 13.9 Å². The van der Waals surface area contributed by atoms with Crippen LogP contribution in [0.5, 0.6) is 11.5 Å². The molecular weight excluding hydrogens is 404 g/mol. The van der Waals surface area contributed by atoms with Crippen LogP contribution in [0.25, 0.3) is 22.8 Å². The summed E-state index contributed by atoms with van der Waals surface area (Å²) in [6, 6.07) is 22.9. The molecule has 0 atom stereocenters. The van der Waals surface area contributed by atoms with Gasteiger partial charge in [0.25, 0.3) is 5.91 Å². The van der Waals surface area contributed by atoms with Crippen molar-refractivity contribution in [1.82, 2.24) is 9.88 Å². The molecule has 1 aromatic heterocycles. The molecule has 0 bridgehead atoms. The molecule has 160 valence electrons. The van der Waals surface area contributed by atoms with E-state index in [2.05, 4.69) is 4.98 Å². The molecule has 1 aliphatic heterocycles. The Bertz CT molecular complexity index is 1250.